The molecule has 2 rings (SSSR count). The number of halogens is 1. The smallest absolute Gasteiger partial charge is 0.747 e. The number of nitrogens with zero attached hydrogens (tertiary/aromatic N) is 2. The molecule has 9 nitrogen and oxygen atoms in total. The monoisotopic (exact) mass is 449 g/mol. The van der Waals surface area contributed by atoms with Crippen molar-refractivity contribution in [2.45, 2.75) is 4.90 Å². The largest absolute Gasteiger partial charge is 1.00 e. The van der Waals surface area contributed by atoms with Crippen LogP contribution in [-0.2, 0) is 20.2 Å². The van der Waals surface area contributed by atoms with E-state index in [0.29, 0.717) is 11.4 Å². The minimum Gasteiger partial charge on any atom is -0.747 e. The third-order valence-electron chi connectivity index (χ3n) is 2.80. The van der Waals surface area contributed by atoms with E-state index in [2.05, 4.69) is 15.5 Å². The van der Waals surface area contributed by atoms with Gasteiger partial charge in [0.15, 0.2) is 0 Å². The minimum atomic E-state index is -4.64. The first kappa shape index (κ1) is 27.0. The van der Waals surface area contributed by atoms with Gasteiger partial charge in [0.05, 0.1) is 15.6 Å². The number of hydrogen-bond donors (Lipinski definition) is 1. The van der Waals surface area contributed by atoms with Crippen LogP contribution in [0.3, 0.4) is 0 Å². The first-order chi connectivity index (χ1) is 11.5. The van der Waals surface area contributed by atoms with Crippen molar-refractivity contribution in [1.29, 1.82) is 0 Å². The number of nitrogens with one attached hydrogen (secondary N) is 1. The van der Waals surface area contributed by atoms with Crippen molar-refractivity contribution in [3.63, 3.8) is 0 Å². The molecule has 0 saturated heterocycles. The molecule has 0 spiro atoms. The molecule has 0 aliphatic carbocycles. The number of azo groups is 1. The normalized spacial score (nSPS) is 11.5. The average molecular weight is 450 g/mol. The molecular weight excluding hydrogens is 440 g/mol. The second-order valence-corrected chi connectivity index (χ2v) is 7.88. The molecule has 27 heavy (non-hydrogen) atoms. The summed E-state index contributed by atoms with van der Waals surface area (Å²) in [5, 5.41) is 10.2. The Morgan fingerprint density at radius 3 is 2.04 bits per heavy atom. The predicted octanol–water partition coefficient (Wildman–Crippen LogP) is -3.42. The molecule has 1 N–H and O–H groups in total. The topological polar surface area (TPSA) is 151 Å². The van der Waals surface area contributed by atoms with E-state index in [0.717, 1.165) is 12.1 Å². The molecule has 0 aliphatic rings. The van der Waals surface area contributed by atoms with E-state index in [9.17, 15) is 25.9 Å². The van der Waals surface area contributed by atoms with Gasteiger partial charge in [0, 0.05) is 5.69 Å². The summed E-state index contributed by atoms with van der Waals surface area (Å²) in [5.41, 5.74) is 0.732. The summed E-state index contributed by atoms with van der Waals surface area (Å²) in [6.45, 7) is 0. The Labute approximate surface area is 205 Å². The number of benzene rings is 2. The average Bonchev–Trinajstić information content (AvgIpc) is 2.51. The van der Waals surface area contributed by atoms with E-state index in [1.165, 1.54) is 30.3 Å². The van der Waals surface area contributed by atoms with Crippen LogP contribution in [0.4, 0.5) is 17.1 Å². The van der Waals surface area contributed by atoms with E-state index in [1.54, 1.807) is 0 Å². The summed E-state index contributed by atoms with van der Waals surface area (Å²) >= 11 is 5.87. The van der Waals surface area contributed by atoms with E-state index < -0.39 is 31.0 Å². The van der Waals surface area contributed by atoms with Crippen LogP contribution in [0.15, 0.2) is 57.6 Å². The van der Waals surface area contributed by atoms with Gasteiger partial charge < -0.3 is 14.4 Å². The van der Waals surface area contributed by atoms with Gasteiger partial charge in [0.1, 0.15) is 31.8 Å². The molecule has 0 bridgehead atoms. The first-order valence-corrected chi connectivity index (χ1v) is 9.86. The first-order valence-electron chi connectivity index (χ1n) is 6.49. The van der Waals surface area contributed by atoms with Crippen molar-refractivity contribution in [3.05, 3.63) is 47.5 Å². The van der Waals surface area contributed by atoms with Crippen LogP contribution in [0.25, 0.3) is 0 Å². The Morgan fingerprint density at radius 2 is 1.52 bits per heavy atom. The Hall–Kier alpha value is -0.0500. The zero-order valence-corrected chi connectivity index (χ0v) is 20.7. The summed E-state index contributed by atoms with van der Waals surface area (Å²) < 4.78 is 64.6. The maximum absolute atomic E-state index is 11.0. The number of hydrogen-bond acceptors (Lipinski definition) is 9. The molecule has 2 aromatic rings. The Balaban J connectivity index is 0.00000338. The molecule has 0 aliphatic heterocycles. The van der Waals surface area contributed by atoms with Crippen LogP contribution in [-0.4, -0.2) is 31.8 Å². The van der Waals surface area contributed by atoms with E-state index in [4.69, 9.17) is 11.6 Å². The Morgan fingerprint density at radius 1 is 0.926 bits per heavy atom. The van der Waals surface area contributed by atoms with Gasteiger partial charge in [-0.3, -0.25) is 0 Å². The molecule has 0 radical (unpaired) electrons. The van der Waals surface area contributed by atoms with Gasteiger partial charge in [-0.05, 0) is 42.5 Å². The van der Waals surface area contributed by atoms with Gasteiger partial charge in [-0.2, -0.15) is 5.11 Å². The summed E-state index contributed by atoms with van der Waals surface area (Å²) in [4.78, 5) is -0.482. The van der Waals surface area contributed by atoms with Gasteiger partial charge in [0.25, 0.3) is 0 Å². The van der Waals surface area contributed by atoms with E-state index in [-0.39, 0.29) is 69.8 Å². The Bertz CT molecular complexity index is 1010. The third kappa shape index (κ3) is 9.33. The molecule has 14 heteroatoms. The molecular formula is C13H10ClN3Na2O6S2. The quantitative estimate of drug-likeness (QED) is 0.274. The van der Waals surface area contributed by atoms with Crippen LogP contribution in [0, 0.1) is 0 Å². The summed E-state index contributed by atoms with van der Waals surface area (Å²) in [6, 6.07) is 9.19. The van der Waals surface area contributed by atoms with Gasteiger partial charge in [-0.1, -0.05) is 11.6 Å². The van der Waals surface area contributed by atoms with Crippen molar-refractivity contribution >= 4 is 48.9 Å². The van der Waals surface area contributed by atoms with Gasteiger partial charge in [-0.15, -0.1) is 5.11 Å². The Kier molecular flexibility index (Phi) is 11.2. The second-order valence-electron chi connectivity index (χ2n) is 4.69. The van der Waals surface area contributed by atoms with Crippen LogP contribution in [0.1, 0.15) is 0 Å². The third-order valence-corrected chi connectivity index (χ3v) is 4.45. The molecule has 0 heterocycles. The molecule has 0 aromatic heterocycles. The summed E-state index contributed by atoms with van der Waals surface area (Å²) in [6.07, 6.45) is 0. The van der Waals surface area contributed by atoms with Gasteiger partial charge in [-0.25, -0.2) is 16.8 Å². The molecule has 0 atom stereocenters. The fourth-order valence-electron chi connectivity index (χ4n) is 1.65. The zero-order valence-electron chi connectivity index (χ0n) is 14.3. The standard InChI is InChI=1S/C13H12ClN3O6S2.2Na/c14-12-6-5-11(25(21,22)23)7-13(12)17-16-10-3-1-9(2-4-10)15-8-24(18,19)20;;/h1-7,15H,8H2,(H,18,19,20)(H,21,22,23);;/q;2*+1/p-2. The molecule has 0 amide bonds. The minimum absolute atomic E-state index is 0. The van der Waals surface area contributed by atoms with E-state index in [1.807, 2.05) is 0 Å². The van der Waals surface area contributed by atoms with Crippen molar-refractivity contribution in [2.75, 3.05) is 11.2 Å². The molecule has 0 unspecified atom stereocenters. The molecule has 2 aromatic carbocycles. The summed E-state index contributed by atoms with van der Waals surface area (Å²) in [5.74, 6) is -0.750. The van der Waals surface area contributed by atoms with Crippen LogP contribution >= 0.6 is 11.6 Å². The van der Waals surface area contributed by atoms with Crippen LogP contribution in [0.2, 0.25) is 5.02 Å². The maximum Gasteiger partial charge on any atom is 1.00 e. The van der Waals surface area contributed by atoms with Crippen molar-refractivity contribution in [2.24, 2.45) is 10.2 Å². The molecule has 0 saturated carbocycles. The fraction of sp³-hybridized carbons (Fsp3) is 0.0769. The van der Waals surface area contributed by atoms with Gasteiger partial charge in [0.2, 0.25) is 0 Å². The maximum atomic E-state index is 11.0. The zero-order chi connectivity index (χ0) is 18.7. The molecule has 0 fully saturated rings. The number of rotatable bonds is 6. The van der Waals surface area contributed by atoms with Crippen LogP contribution in [0.5, 0.6) is 0 Å². The fourth-order valence-corrected chi connectivity index (χ4v) is 2.64. The van der Waals surface area contributed by atoms with Crippen molar-refractivity contribution < 1.29 is 85.1 Å². The van der Waals surface area contributed by atoms with E-state index >= 15 is 0 Å². The number of anilines is 1. The van der Waals surface area contributed by atoms with Crippen molar-refractivity contribution in [3.8, 4) is 0 Å². The van der Waals surface area contributed by atoms with Crippen LogP contribution < -0.4 is 64.4 Å². The second kappa shape index (κ2) is 11.2. The summed E-state index contributed by atoms with van der Waals surface area (Å²) in [7, 11) is -9.03. The molecule has 134 valence electrons. The SMILES string of the molecule is O=S(=O)([O-])CNc1ccc(N=Nc2cc(S(=O)(=O)[O-])ccc2Cl)cc1.[Na+].[Na+]. The van der Waals surface area contributed by atoms with Gasteiger partial charge >= 0.3 is 59.1 Å². The predicted molar refractivity (Wildman–Crippen MR) is 88.2 cm³/mol. The van der Waals surface area contributed by atoms with Crippen molar-refractivity contribution in [1.82, 2.24) is 0 Å².